The summed E-state index contributed by atoms with van der Waals surface area (Å²) in [5, 5.41) is 12.3. The monoisotopic (exact) mass is 312 g/mol. The zero-order valence-electron chi connectivity index (χ0n) is 10.4. The standard InChI is InChI=1S/C13H17BrN2O2/c1-2-13(4-3-5-13)8-16-11-10(12(17)18)6-9(14)7-15-11/h6-7H,2-5,8H2,1H3,(H,15,16)(H,17,18). The van der Waals surface area contributed by atoms with E-state index in [0.29, 0.717) is 15.7 Å². The molecule has 4 nitrogen and oxygen atoms in total. The highest BCUT2D eigenvalue weighted by atomic mass is 79.9. The summed E-state index contributed by atoms with van der Waals surface area (Å²) in [6, 6.07) is 1.58. The lowest BCUT2D eigenvalue weighted by Gasteiger charge is -2.41. The molecule has 0 saturated heterocycles. The molecule has 1 aliphatic carbocycles. The maximum absolute atomic E-state index is 11.2. The fraction of sp³-hybridized carbons (Fsp3) is 0.538. The van der Waals surface area contributed by atoms with E-state index in [9.17, 15) is 4.79 Å². The highest BCUT2D eigenvalue weighted by Crippen LogP contribution is 2.43. The van der Waals surface area contributed by atoms with Gasteiger partial charge in [0.25, 0.3) is 0 Å². The summed E-state index contributed by atoms with van der Waals surface area (Å²) in [7, 11) is 0. The highest BCUT2D eigenvalue weighted by Gasteiger charge is 2.35. The molecule has 1 saturated carbocycles. The Bertz CT molecular complexity index is 453. The van der Waals surface area contributed by atoms with Crippen LogP contribution in [-0.4, -0.2) is 22.6 Å². The molecule has 0 spiro atoms. The lowest BCUT2D eigenvalue weighted by Crippen LogP contribution is -2.36. The van der Waals surface area contributed by atoms with E-state index < -0.39 is 5.97 Å². The van der Waals surface area contributed by atoms with Gasteiger partial charge in [0.1, 0.15) is 11.4 Å². The Morgan fingerprint density at radius 3 is 2.83 bits per heavy atom. The van der Waals surface area contributed by atoms with E-state index in [1.165, 1.54) is 19.3 Å². The molecular weight excluding hydrogens is 296 g/mol. The molecule has 0 bridgehead atoms. The third-order valence-electron chi connectivity index (χ3n) is 3.88. The second kappa shape index (κ2) is 5.26. The minimum atomic E-state index is -0.953. The van der Waals surface area contributed by atoms with Gasteiger partial charge < -0.3 is 10.4 Å². The Morgan fingerprint density at radius 2 is 2.33 bits per heavy atom. The average Bonchev–Trinajstić information content (AvgIpc) is 2.29. The van der Waals surface area contributed by atoms with Crippen molar-refractivity contribution in [2.24, 2.45) is 5.41 Å². The minimum absolute atomic E-state index is 0.218. The van der Waals surface area contributed by atoms with E-state index in [4.69, 9.17) is 5.11 Å². The maximum atomic E-state index is 11.2. The number of rotatable bonds is 5. The van der Waals surface area contributed by atoms with E-state index in [1.807, 2.05) is 0 Å². The zero-order chi connectivity index (χ0) is 13.2. The van der Waals surface area contributed by atoms with Crippen molar-refractivity contribution in [1.82, 2.24) is 4.98 Å². The van der Waals surface area contributed by atoms with Crippen molar-refractivity contribution in [3.05, 3.63) is 22.3 Å². The number of hydrogen-bond acceptors (Lipinski definition) is 3. The summed E-state index contributed by atoms with van der Waals surface area (Å²) in [5.41, 5.74) is 0.555. The third kappa shape index (κ3) is 2.66. The Kier molecular flexibility index (Phi) is 3.90. The minimum Gasteiger partial charge on any atom is -0.478 e. The van der Waals surface area contributed by atoms with Gasteiger partial charge in [-0.1, -0.05) is 13.3 Å². The van der Waals surface area contributed by atoms with Gasteiger partial charge in [-0.25, -0.2) is 9.78 Å². The summed E-state index contributed by atoms with van der Waals surface area (Å²) in [5.74, 6) is -0.490. The smallest absolute Gasteiger partial charge is 0.339 e. The Hall–Kier alpha value is -1.10. The van der Waals surface area contributed by atoms with Crippen LogP contribution in [0, 0.1) is 5.41 Å². The number of carboxylic acids is 1. The summed E-state index contributed by atoms with van der Waals surface area (Å²) >= 11 is 3.24. The second-order valence-corrected chi connectivity index (χ2v) is 5.83. The first kappa shape index (κ1) is 13.3. The molecule has 2 rings (SSSR count). The lowest BCUT2D eigenvalue weighted by molar-refractivity contribution is 0.0697. The summed E-state index contributed by atoms with van der Waals surface area (Å²) in [6.45, 7) is 2.99. The number of nitrogens with one attached hydrogen (secondary N) is 1. The number of carboxylic acid groups (broad SMARTS) is 1. The third-order valence-corrected chi connectivity index (χ3v) is 4.31. The number of nitrogens with zero attached hydrogens (tertiary/aromatic N) is 1. The van der Waals surface area contributed by atoms with Crippen LogP contribution in [0.4, 0.5) is 5.82 Å². The van der Waals surface area contributed by atoms with E-state index in [0.717, 1.165) is 13.0 Å². The molecule has 98 valence electrons. The Morgan fingerprint density at radius 1 is 1.61 bits per heavy atom. The first-order valence-corrected chi connectivity index (χ1v) is 6.98. The normalized spacial score (nSPS) is 17.0. The molecule has 0 unspecified atom stereocenters. The van der Waals surface area contributed by atoms with E-state index in [1.54, 1.807) is 12.3 Å². The molecule has 0 atom stereocenters. The van der Waals surface area contributed by atoms with Crippen molar-refractivity contribution in [2.45, 2.75) is 32.6 Å². The van der Waals surface area contributed by atoms with Crippen LogP contribution >= 0.6 is 15.9 Å². The molecule has 5 heteroatoms. The quantitative estimate of drug-likeness (QED) is 0.873. The number of aromatic nitrogens is 1. The van der Waals surface area contributed by atoms with Gasteiger partial charge in [-0.2, -0.15) is 0 Å². The maximum Gasteiger partial charge on any atom is 0.339 e. The van der Waals surface area contributed by atoms with Gasteiger partial charge in [-0.05, 0) is 46.7 Å². The molecular formula is C13H17BrN2O2. The van der Waals surface area contributed by atoms with Crippen LogP contribution in [0.2, 0.25) is 0 Å². The van der Waals surface area contributed by atoms with Crippen molar-refractivity contribution in [1.29, 1.82) is 0 Å². The van der Waals surface area contributed by atoms with E-state index >= 15 is 0 Å². The highest BCUT2D eigenvalue weighted by molar-refractivity contribution is 9.10. The van der Waals surface area contributed by atoms with Crippen molar-refractivity contribution < 1.29 is 9.90 Å². The predicted octanol–water partition coefficient (Wildman–Crippen LogP) is 3.53. The fourth-order valence-electron chi connectivity index (χ4n) is 2.35. The first-order valence-electron chi connectivity index (χ1n) is 6.19. The molecule has 18 heavy (non-hydrogen) atoms. The van der Waals surface area contributed by atoms with Gasteiger partial charge in [0.15, 0.2) is 0 Å². The van der Waals surface area contributed by atoms with Crippen LogP contribution < -0.4 is 5.32 Å². The number of halogens is 1. The Balaban J connectivity index is 2.11. The molecule has 2 N–H and O–H groups in total. The van der Waals surface area contributed by atoms with Gasteiger partial charge in [-0.15, -0.1) is 0 Å². The van der Waals surface area contributed by atoms with Gasteiger partial charge in [-0.3, -0.25) is 0 Å². The molecule has 1 fully saturated rings. The SMILES string of the molecule is CCC1(CNc2ncc(Br)cc2C(=O)O)CCC1. The number of aromatic carboxylic acids is 1. The largest absolute Gasteiger partial charge is 0.478 e. The zero-order valence-corrected chi connectivity index (χ0v) is 12.0. The topological polar surface area (TPSA) is 62.2 Å². The lowest BCUT2D eigenvalue weighted by atomic mass is 9.67. The van der Waals surface area contributed by atoms with Crippen molar-refractivity contribution >= 4 is 27.7 Å². The van der Waals surface area contributed by atoms with Crippen molar-refractivity contribution in [3.63, 3.8) is 0 Å². The molecule has 1 heterocycles. The number of hydrogen-bond donors (Lipinski definition) is 2. The van der Waals surface area contributed by atoms with Crippen molar-refractivity contribution in [2.75, 3.05) is 11.9 Å². The average molecular weight is 313 g/mol. The van der Waals surface area contributed by atoms with Crippen LogP contribution in [0.1, 0.15) is 43.0 Å². The molecule has 0 amide bonds. The first-order chi connectivity index (χ1) is 8.56. The van der Waals surface area contributed by atoms with Crippen molar-refractivity contribution in [3.8, 4) is 0 Å². The molecule has 1 aliphatic rings. The van der Waals surface area contributed by atoms with Gasteiger partial charge in [0, 0.05) is 17.2 Å². The molecule has 0 radical (unpaired) electrons. The molecule has 1 aromatic rings. The van der Waals surface area contributed by atoms with E-state index in [2.05, 4.69) is 33.2 Å². The van der Waals surface area contributed by atoms with Crippen LogP contribution in [0.15, 0.2) is 16.7 Å². The molecule has 1 aromatic heterocycles. The van der Waals surface area contributed by atoms with Crippen LogP contribution in [0.3, 0.4) is 0 Å². The van der Waals surface area contributed by atoms with Crippen LogP contribution in [-0.2, 0) is 0 Å². The molecule has 0 aromatic carbocycles. The summed E-state index contributed by atoms with van der Waals surface area (Å²) in [4.78, 5) is 15.3. The van der Waals surface area contributed by atoms with Crippen LogP contribution in [0.25, 0.3) is 0 Å². The number of anilines is 1. The van der Waals surface area contributed by atoms with E-state index in [-0.39, 0.29) is 5.56 Å². The summed E-state index contributed by atoms with van der Waals surface area (Å²) < 4.78 is 0.680. The summed E-state index contributed by atoms with van der Waals surface area (Å²) in [6.07, 6.45) is 6.45. The van der Waals surface area contributed by atoms with Gasteiger partial charge in [0.2, 0.25) is 0 Å². The fourth-order valence-corrected chi connectivity index (χ4v) is 2.68. The van der Waals surface area contributed by atoms with Gasteiger partial charge >= 0.3 is 5.97 Å². The number of pyridine rings is 1. The number of carbonyl (C=O) groups is 1. The Labute approximate surface area is 115 Å². The van der Waals surface area contributed by atoms with Gasteiger partial charge in [0.05, 0.1) is 0 Å². The molecule has 0 aliphatic heterocycles. The van der Waals surface area contributed by atoms with Crippen LogP contribution in [0.5, 0.6) is 0 Å². The second-order valence-electron chi connectivity index (χ2n) is 4.92. The predicted molar refractivity (Wildman–Crippen MR) is 74.0 cm³/mol.